The van der Waals surface area contributed by atoms with Gasteiger partial charge in [-0.15, -0.1) is 0 Å². The molecular formula is C15H18F3NO2. The first-order chi connectivity index (χ1) is 9.84. The number of rotatable bonds is 3. The molecule has 1 heterocycles. The van der Waals surface area contributed by atoms with E-state index in [9.17, 15) is 18.3 Å². The van der Waals surface area contributed by atoms with Crippen LogP contribution in [0.2, 0.25) is 0 Å². The van der Waals surface area contributed by atoms with Gasteiger partial charge in [0.25, 0.3) is 0 Å². The first-order valence-electron chi connectivity index (χ1n) is 6.70. The van der Waals surface area contributed by atoms with E-state index in [0.29, 0.717) is 17.0 Å². The first kappa shape index (κ1) is 15.7. The predicted octanol–water partition coefficient (Wildman–Crippen LogP) is 3.45. The Bertz CT molecular complexity index is 538. The van der Waals surface area contributed by atoms with Gasteiger partial charge in [0.1, 0.15) is 5.75 Å². The molecule has 1 aromatic rings. The van der Waals surface area contributed by atoms with E-state index in [-0.39, 0.29) is 19.5 Å². The summed E-state index contributed by atoms with van der Waals surface area (Å²) >= 11 is 0. The number of methoxy groups -OCH3 is 1. The zero-order valence-corrected chi connectivity index (χ0v) is 11.9. The third kappa shape index (κ3) is 3.32. The molecule has 0 radical (unpaired) electrons. The van der Waals surface area contributed by atoms with E-state index in [1.807, 2.05) is 4.90 Å². The normalized spacial score (nSPS) is 17.4. The summed E-state index contributed by atoms with van der Waals surface area (Å²) in [6.45, 7) is 2.04. The van der Waals surface area contributed by atoms with E-state index in [1.165, 1.54) is 13.2 Å². The Kier molecular flexibility index (Phi) is 4.46. The lowest BCUT2D eigenvalue weighted by atomic mass is 10.0. The molecule has 0 saturated carbocycles. The van der Waals surface area contributed by atoms with Crippen LogP contribution in [0.5, 0.6) is 5.75 Å². The van der Waals surface area contributed by atoms with Gasteiger partial charge in [-0.05, 0) is 25.5 Å². The molecule has 21 heavy (non-hydrogen) atoms. The van der Waals surface area contributed by atoms with Crippen LogP contribution in [0.3, 0.4) is 0 Å². The predicted molar refractivity (Wildman–Crippen MR) is 74.6 cm³/mol. The van der Waals surface area contributed by atoms with Crippen molar-refractivity contribution in [1.82, 2.24) is 0 Å². The molecule has 0 fully saturated rings. The fraction of sp³-hybridized carbons (Fsp3) is 0.467. The molecule has 0 bridgehead atoms. The maximum absolute atomic E-state index is 12.7. The van der Waals surface area contributed by atoms with Crippen LogP contribution < -0.4 is 9.64 Å². The Balaban J connectivity index is 2.31. The molecule has 0 aromatic heterocycles. The van der Waals surface area contributed by atoms with Gasteiger partial charge in [0.05, 0.1) is 13.2 Å². The zero-order valence-electron chi connectivity index (χ0n) is 11.9. The average Bonchev–Trinajstić information content (AvgIpc) is 2.45. The van der Waals surface area contributed by atoms with Crippen LogP contribution >= 0.6 is 0 Å². The van der Waals surface area contributed by atoms with Crippen molar-refractivity contribution in [3.05, 3.63) is 35.4 Å². The van der Waals surface area contributed by atoms with Crippen LogP contribution in [-0.2, 0) is 0 Å². The van der Waals surface area contributed by atoms with Crippen molar-refractivity contribution >= 4 is 5.69 Å². The van der Waals surface area contributed by atoms with E-state index >= 15 is 0 Å². The average molecular weight is 301 g/mol. The standard InChI is InChI=1S/C15H18F3NO2/c1-10(20)14-12(4-3-5-13(14)21-2)19-8-6-11(7-9-19)15(16,17)18/h3-6,10,20H,7-9H2,1-2H3/t10-/m1/s1. The maximum Gasteiger partial charge on any atom is 0.412 e. The molecule has 1 N–H and O–H groups in total. The number of aliphatic hydroxyl groups is 1. The lowest BCUT2D eigenvalue weighted by molar-refractivity contribution is -0.0944. The van der Waals surface area contributed by atoms with E-state index in [4.69, 9.17) is 4.74 Å². The molecule has 0 aliphatic carbocycles. The second kappa shape index (κ2) is 5.97. The molecule has 3 nitrogen and oxygen atoms in total. The maximum atomic E-state index is 12.7. The highest BCUT2D eigenvalue weighted by Gasteiger charge is 2.35. The van der Waals surface area contributed by atoms with Crippen molar-refractivity contribution in [2.75, 3.05) is 25.1 Å². The highest BCUT2D eigenvalue weighted by Crippen LogP contribution is 2.37. The van der Waals surface area contributed by atoms with Crippen LogP contribution in [0.15, 0.2) is 29.8 Å². The highest BCUT2D eigenvalue weighted by molar-refractivity contribution is 5.61. The quantitative estimate of drug-likeness (QED) is 0.868. The molecule has 2 rings (SSSR count). The van der Waals surface area contributed by atoms with Crippen LogP contribution in [0.1, 0.15) is 25.0 Å². The largest absolute Gasteiger partial charge is 0.496 e. The van der Waals surface area contributed by atoms with Gasteiger partial charge in [0, 0.05) is 29.9 Å². The van der Waals surface area contributed by atoms with E-state index in [2.05, 4.69) is 0 Å². The van der Waals surface area contributed by atoms with Crippen LogP contribution in [0.4, 0.5) is 18.9 Å². The van der Waals surface area contributed by atoms with Crippen LogP contribution in [0.25, 0.3) is 0 Å². The molecule has 0 saturated heterocycles. The number of hydrogen-bond donors (Lipinski definition) is 1. The number of nitrogens with zero attached hydrogens (tertiary/aromatic N) is 1. The zero-order chi connectivity index (χ0) is 15.6. The number of alkyl halides is 3. The number of anilines is 1. The Morgan fingerprint density at radius 1 is 1.33 bits per heavy atom. The van der Waals surface area contributed by atoms with Gasteiger partial charge < -0.3 is 14.7 Å². The van der Waals surface area contributed by atoms with Crippen molar-refractivity contribution in [3.63, 3.8) is 0 Å². The third-order valence-corrected chi connectivity index (χ3v) is 3.59. The molecular weight excluding hydrogens is 283 g/mol. The first-order valence-corrected chi connectivity index (χ1v) is 6.70. The monoisotopic (exact) mass is 301 g/mol. The molecule has 116 valence electrons. The van der Waals surface area contributed by atoms with Gasteiger partial charge in [-0.25, -0.2) is 0 Å². The summed E-state index contributed by atoms with van der Waals surface area (Å²) in [5.74, 6) is 0.535. The van der Waals surface area contributed by atoms with Gasteiger partial charge in [-0.3, -0.25) is 0 Å². The van der Waals surface area contributed by atoms with Crippen molar-refractivity contribution in [2.45, 2.75) is 25.6 Å². The van der Waals surface area contributed by atoms with Crippen molar-refractivity contribution in [1.29, 1.82) is 0 Å². The second-order valence-corrected chi connectivity index (χ2v) is 4.99. The third-order valence-electron chi connectivity index (χ3n) is 3.59. The number of hydrogen-bond acceptors (Lipinski definition) is 3. The van der Waals surface area contributed by atoms with E-state index in [0.717, 1.165) is 0 Å². The summed E-state index contributed by atoms with van der Waals surface area (Å²) in [5.41, 5.74) is 0.825. The number of ether oxygens (including phenoxy) is 1. The summed E-state index contributed by atoms with van der Waals surface area (Å²) in [6.07, 6.45) is -3.87. The second-order valence-electron chi connectivity index (χ2n) is 4.99. The molecule has 0 amide bonds. The van der Waals surface area contributed by atoms with Crippen molar-refractivity contribution < 1.29 is 23.0 Å². The number of aliphatic hydroxyl groups excluding tert-OH is 1. The smallest absolute Gasteiger partial charge is 0.412 e. The van der Waals surface area contributed by atoms with Gasteiger partial charge in [-0.1, -0.05) is 12.1 Å². The van der Waals surface area contributed by atoms with E-state index in [1.54, 1.807) is 25.1 Å². The fourth-order valence-corrected chi connectivity index (χ4v) is 2.55. The molecule has 6 heteroatoms. The molecule has 1 aromatic carbocycles. The minimum absolute atomic E-state index is 0.0556. The summed E-state index contributed by atoms with van der Waals surface area (Å²) in [5, 5.41) is 9.93. The van der Waals surface area contributed by atoms with Gasteiger partial charge >= 0.3 is 6.18 Å². The summed E-state index contributed by atoms with van der Waals surface area (Å²) in [4.78, 5) is 1.82. The van der Waals surface area contributed by atoms with Gasteiger partial charge in [0.2, 0.25) is 0 Å². The summed E-state index contributed by atoms with van der Waals surface area (Å²) < 4.78 is 43.2. The molecule has 0 unspecified atom stereocenters. The summed E-state index contributed by atoms with van der Waals surface area (Å²) in [7, 11) is 1.50. The van der Waals surface area contributed by atoms with Crippen LogP contribution in [-0.4, -0.2) is 31.5 Å². The molecule has 1 aliphatic heterocycles. The van der Waals surface area contributed by atoms with Crippen molar-refractivity contribution in [3.8, 4) is 5.75 Å². The molecule has 0 spiro atoms. The Morgan fingerprint density at radius 3 is 2.52 bits per heavy atom. The number of halogens is 3. The minimum atomic E-state index is -4.26. The molecule has 1 atom stereocenters. The highest BCUT2D eigenvalue weighted by atomic mass is 19.4. The lowest BCUT2D eigenvalue weighted by Crippen LogP contribution is -2.32. The SMILES string of the molecule is COc1cccc(N2CC=C(C(F)(F)F)CC2)c1[C@@H](C)O. The summed E-state index contributed by atoms with van der Waals surface area (Å²) in [6, 6.07) is 5.28. The van der Waals surface area contributed by atoms with Crippen LogP contribution in [0, 0.1) is 0 Å². The topological polar surface area (TPSA) is 32.7 Å². The Labute approximate surface area is 121 Å². The van der Waals surface area contributed by atoms with Crippen molar-refractivity contribution in [2.24, 2.45) is 0 Å². The van der Waals surface area contributed by atoms with Gasteiger partial charge in [0.15, 0.2) is 0 Å². The van der Waals surface area contributed by atoms with Gasteiger partial charge in [-0.2, -0.15) is 13.2 Å². The minimum Gasteiger partial charge on any atom is -0.496 e. The Morgan fingerprint density at radius 2 is 2.05 bits per heavy atom. The molecule has 1 aliphatic rings. The van der Waals surface area contributed by atoms with E-state index < -0.39 is 17.9 Å². The number of benzene rings is 1. The lowest BCUT2D eigenvalue weighted by Gasteiger charge is -2.31. The Hall–Kier alpha value is -1.69. The fourth-order valence-electron chi connectivity index (χ4n) is 2.55.